The van der Waals surface area contributed by atoms with Crippen LogP contribution in [-0.2, 0) is 4.79 Å². The van der Waals surface area contributed by atoms with E-state index in [0.717, 1.165) is 22.4 Å². The molecule has 7 nitrogen and oxygen atoms in total. The Morgan fingerprint density at radius 2 is 1.70 bits per heavy atom. The van der Waals surface area contributed by atoms with E-state index in [1.54, 1.807) is 31.7 Å². The maximum Gasteiger partial charge on any atom is 0.336 e. The molecule has 0 amide bonds. The van der Waals surface area contributed by atoms with Gasteiger partial charge in [-0.1, -0.05) is 30.4 Å². The van der Waals surface area contributed by atoms with E-state index < -0.39 is 10.9 Å². The van der Waals surface area contributed by atoms with Crippen LogP contribution in [0.15, 0.2) is 91.3 Å². The quantitative estimate of drug-likeness (QED) is 0.143. The van der Waals surface area contributed by atoms with Crippen molar-refractivity contribution in [3.63, 3.8) is 0 Å². The smallest absolute Gasteiger partial charge is 0.336 e. The number of rotatable bonds is 7. The molecule has 0 fully saturated rings. The number of methoxy groups -OCH3 is 1. The highest BCUT2D eigenvalue weighted by atomic mass is 16.6. The van der Waals surface area contributed by atoms with Gasteiger partial charge < -0.3 is 9.47 Å². The van der Waals surface area contributed by atoms with Gasteiger partial charge in [0, 0.05) is 36.2 Å². The zero-order valence-electron chi connectivity index (χ0n) is 16.1. The molecule has 0 aliphatic carbocycles. The van der Waals surface area contributed by atoms with Crippen molar-refractivity contribution in [3.8, 4) is 11.5 Å². The molecule has 1 heterocycles. The molecule has 0 aliphatic heterocycles. The number of allylic oxidation sites excluding steroid dienone is 2. The van der Waals surface area contributed by atoms with E-state index in [-0.39, 0.29) is 11.4 Å². The maximum absolute atomic E-state index is 12.1. The Labute approximate surface area is 173 Å². The van der Waals surface area contributed by atoms with Gasteiger partial charge in [0.25, 0.3) is 5.69 Å². The van der Waals surface area contributed by atoms with E-state index in [4.69, 9.17) is 9.47 Å². The number of pyridine rings is 1. The van der Waals surface area contributed by atoms with Crippen molar-refractivity contribution in [1.29, 1.82) is 0 Å². The molecular weight excluding hydrogens is 384 g/mol. The molecule has 0 aliphatic rings. The first-order valence-electron chi connectivity index (χ1n) is 8.96. The summed E-state index contributed by atoms with van der Waals surface area (Å²) in [6.45, 7) is 0. The summed E-state index contributed by atoms with van der Waals surface area (Å²) >= 11 is 0. The fourth-order valence-corrected chi connectivity index (χ4v) is 2.66. The highest BCUT2D eigenvalue weighted by Gasteiger charge is 2.07. The second kappa shape index (κ2) is 9.79. The van der Waals surface area contributed by atoms with Crippen molar-refractivity contribution in [2.24, 2.45) is 0 Å². The number of carbonyl (C=O) groups excluding carboxylic acids is 1. The van der Waals surface area contributed by atoms with E-state index in [2.05, 4.69) is 4.98 Å². The molecule has 0 saturated heterocycles. The van der Waals surface area contributed by atoms with E-state index in [1.807, 2.05) is 36.4 Å². The molecule has 7 heteroatoms. The molecule has 0 saturated carbocycles. The summed E-state index contributed by atoms with van der Waals surface area (Å²) in [7, 11) is 1.60. The largest absolute Gasteiger partial charge is 0.497 e. The molecular formula is C23H18N2O5. The van der Waals surface area contributed by atoms with Gasteiger partial charge in [0.1, 0.15) is 11.5 Å². The third-order valence-electron chi connectivity index (χ3n) is 4.13. The molecule has 3 rings (SSSR count). The topological polar surface area (TPSA) is 91.6 Å². The lowest BCUT2D eigenvalue weighted by Gasteiger charge is -2.08. The molecule has 3 aromatic rings. The van der Waals surface area contributed by atoms with Crippen LogP contribution in [0.2, 0.25) is 0 Å². The predicted octanol–water partition coefficient (Wildman–Crippen LogP) is 4.59. The minimum Gasteiger partial charge on any atom is -0.497 e. The fraction of sp³-hybridized carbons (Fsp3) is 0.0435. The monoisotopic (exact) mass is 402 g/mol. The molecule has 0 radical (unpaired) electrons. The summed E-state index contributed by atoms with van der Waals surface area (Å²) in [6, 6.07) is 16.6. The number of hydrogen-bond acceptors (Lipinski definition) is 6. The molecule has 0 atom stereocenters. The Bertz CT molecular complexity index is 1070. The number of nitro groups is 1. The summed E-state index contributed by atoms with van der Waals surface area (Å²) in [5, 5.41) is 10.7. The van der Waals surface area contributed by atoms with E-state index in [9.17, 15) is 14.9 Å². The normalized spacial score (nSPS) is 11.3. The second-order valence-corrected chi connectivity index (χ2v) is 6.08. The standard InChI is InChI=1S/C23H18N2O5/c1-29-20-11-7-17(8-12-20)22(18-4-3-15-24-16-18)5-2-6-23(26)30-21-13-9-19(10-14-21)25(27)28/h2-16H,1H3/b6-2+,22-5+. The average Bonchev–Trinajstić information content (AvgIpc) is 2.78. The molecule has 0 unspecified atom stereocenters. The minimum absolute atomic E-state index is 0.0751. The zero-order valence-corrected chi connectivity index (χ0v) is 16.1. The van der Waals surface area contributed by atoms with Crippen LogP contribution in [0, 0.1) is 10.1 Å². The lowest BCUT2D eigenvalue weighted by molar-refractivity contribution is -0.384. The van der Waals surface area contributed by atoms with Crippen LogP contribution in [0.5, 0.6) is 11.5 Å². The van der Waals surface area contributed by atoms with Crippen molar-refractivity contribution < 1.29 is 19.2 Å². The highest BCUT2D eigenvalue weighted by molar-refractivity contribution is 5.86. The third kappa shape index (κ3) is 5.39. The third-order valence-corrected chi connectivity index (χ3v) is 4.13. The van der Waals surface area contributed by atoms with Crippen LogP contribution < -0.4 is 9.47 Å². The minimum atomic E-state index is -0.597. The first-order valence-corrected chi connectivity index (χ1v) is 8.96. The van der Waals surface area contributed by atoms with Crippen molar-refractivity contribution in [2.45, 2.75) is 0 Å². The molecule has 30 heavy (non-hydrogen) atoms. The number of esters is 1. The van der Waals surface area contributed by atoms with Crippen molar-refractivity contribution in [2.75, 3.05) is 7.11 Å². The zero-order chi connectivity index (χ0) is 21.3. The van der Waals surface area contributed by atoms with E-state index in [0.29, 0.717) is 0 Å². The Balaban J connectivity index is 1.78. The number of aromatic nitrogens is 1. The number of ether oxygens (including phenoxy) is 2. The van der Waals surface area contributed by atoms with Gasteiger partial charge in [0.15, 0.2) is 0 Å². The lowest BCUT2D eigenvalue weighted by atomic mass is 9.99. The number of non-ortho nitro benzene ring substituents is 1. The van der Waals surface area contributed by atoms with Crippen LogP contribution in [0.1, 0.15) is 11.1 Å². The number of nitrogens with zero attached hydrogens (tertiary/aromatic N) is 2. The molecule has 0 bridgehead atoms. The van der Waals surface area contributed by atoms with Gasteiger partial charge in [-0.05, 0) is 41.5 Å². The number of hydrogen-bond donors (Lipinski definition) is 0. The summed E-state index contributed by atoms with van der Waals surface area (Å²) in [4.78, 5) is 26.4. The summed E-state index contributed by atoms with van der Waals surface area (Å²) in [5.74, 6) is 0.369. The maximum atomic E-state index is 12.1. The second-order valence-electron chi connectivity index (χ2n) is 6.08. The molecule has 0 N–H and O–H groups in total. The van der Waals surface area contributed by atoms with Gasteiger partial charge in [-0.3, -0.25) is 15.1 Å². The predicted molar refractivity (Wildman–Crippen MR) is 112 cm³/mol. The first-order chi connectivity index (χ1) is 14.6. The Morgan fingerprint density at radius 3 is 2.30 bits per heavy atom. The number of carbonyl (C=O) groups is 1. The van der Waals surface area contributed by atoms with Crippen LogP contribution in [0.3, 0.4) is 0 Å². The molecule has 2 aromatic carbocycles. The summed E-state index contributed by atoms with van der Waals surface area (Å²) < 4.78 is 10.4. The Hall–Kier alpha value is -4.26. The van der Waals surface area contributed by atoms with Gasteiger partial charge >= 0.3 is 5.97 Å². The number of benzene rings is 2. The van der Waals surface area contributed by atoms with E-state index >= 15 is 0 Å². The SMILES string of the molecule is COc1ccc(/C(=C\C=C\C(=O)Oc2ccc([N+](=O)[O-])cc2)c2cccnc2)cc1. The lowest BCUT2D eigenvalue weighted by Crippen LogP contribution is -2.03. The van der Waals surface area contributed by atoms with Gasteiger partial charge in [-0.25, -0.2) is 4.79 Å². The van der Waals surface area contributed by atoms with Crippen LogP contribution in [0.25, 0.3) is 5.57 Å². The van der Waals surface area contributed by atoms with Crippen molar-refractivity contribution in [3.05, 3.63) is 113 Å². The van der Waals surface area contributed by atoms with Crippen LogP contribution >= 0.6 is 0 Å². The fourth-order valence-electron chi connectivity index (χ4n) is 2.66. The van der Waals surface area contributed by atoms with E-state index in [1.165, 1.54) is 30.3 Å². The average molecular weight is 402 g/mol. The van der Waals surface area contributed by atoms with Crippen molar-refractivity contribution >= 4 is 17.2 Å². The summed E-state index contributed by atoms with van der Waals surface area (Å²) in [5.41, 5.74) is 2.60. The van der Waals surface area contributed by atoms with Gasteiger partial charge in [0.05, 0.1) is 12.0 Å². The van der Waals surface area contributed by atoms with Crippen molar-refractivity contribution in [1.82, 2.24) is 4.98 Å². The van der Waals surface area contributed by atoms with Gasteiger partial charge in [0.2, 0.25) is 0 Å². The van der Waals surface area contributed by atoms with Crippen LogP contribution in [-0.4, -0.2) is 23.0 Å². The van der Waals surface area contributed by atoms with Gasteiger partial charge in [-0.2, -0.15) is 0 Å². The molecule has 150 valence electrons. The highest BCUT2D eigenvalue weighted by Crippen LogP contribution is 2.25. The molecule has 0 spiro atoms. The van der Waals surface area contributed by atoms with Crippen LogP contribution in [0.4, 0.5) is 5.69 Å². The first kappa shape index (κ1) is 20.5. The Kier molecular flexibility index (Phi) is 6.68. The van der Waals surface area contributed by atoms with Gasteiger partial charge in [-0.15, -0.1) is 0 Å². The summed E-state index contributed by atoms with van der Waals surface area (Å²) in [6.07, 6.45) is 8.07. The Morgan fingerprint density at radius 1 is 1.00 bits per heavy atom. The molecule has 1 aromatic heterocycles. The number of nitro benzene ring substituents is 1.